The van der Waals surface area contributed by atoms with Crippen LogP contribution >= 0.6 is 0 Å². The molecule has 0 saturated heterocycles. The number of aromatic amines is 2. The van der Waals surface area contributed by atoms with Crippen molar-refractivity contribution >= 4 is 62.4 Å². The van der Waals surface area contributed by atoms with Crippen LogP contribution in [0.5, 0.6) is 0 Å². The van der Waals surface area contributed by atoms with Crippen LogP contribution in [0.1, 0.15) is 91.5 Å². The molecule has 0 spiro atoms. The van der Waals surface area contributed by atoms with E-state index >= 15 is 0 Å². The maximum absolute atomic E-state index is 12.2. The number of methoxy groups -OCH3 is 2. The lowest BCUT2D eigenvalue weighted by atomic mass is 9.99. The zero-order valence-corrected chi connectivity index (χ0v) is 26.7. The number of fused-ring (bicyclic) bond motifs is 8. The van der Waals surface area contributed by atoms with Gasteiger partial charge in [-0.3, -0.25) is 9.59 Å². The second-order valence-electron chi connectivity index (χ2n) is 11.3. The van der Waals surface area contributed by atoms with E-state index in [-0.39, 0.29) is 24.8 Å². The second kappa shape index (κ2) is 12.5. The second-order valence-corrected chi connectivity index (χ2v) is 11.3. The standard InChI is InChI=1S/C36H40N4O4/c1-9-23-19(3)27-15-29-21(5)25(11-13-35(41)43-7)33(39-29)18-34-26(12-14-36(42)44-8)22(6)30(40-34)16-28-20(4)24(10-2)32(38-28)17-31(23)37-27/h9,15-18,37,39H,1,10-14H2,2-8H3. The number of aromatic nitrogens is 4. The molecule has 2 aliphatic heterocycles. The van der Waals surface area contributed by atoms with Crippen molar-refractivity contribution in [3.05, 3.63) is 75.9 Å². The van der Waals surface area contributed by atoms with Gasteiger partial charge in [-0.15, -0.1) is 0 Å². The number of nitrogens with one attached hydrogen (secondary N) is 2. The average molecular weight is 593 g/mol. The van der Waals surface area contributed by atoms with Crippen molar-refractivity contribution in [3.8, 4) is 0 Å². The number of nitrogens with zero attached hydrogens (tertiary/aromatic N) is 2. The number of hydrogen-bond donors (Lipinski definition) is 2. The summed E-state index contributed by atoms with van der Waals surface area (Å²) < 4.78 is 9.90. The van der Waals surface area contributed by atoms with Gasteiger partial charge in [-0.2, -0.15) is 0 Å². The van der Waals surface area contributed by atoms with Gasteiger partial charge in [-0.1, -0.05) is 19.6 Å². The Hall–Kier alpha value is -4.72. The third kappa shape index (κ3) is 5.64. The minimum atomic E-state index is -0.271. The zero-order chi connectivity index (χ0) is 31.7. The van der Waals surface area contributed by atoms with Crippen LogP contribution in [0.15, 0.2) is 30.8 Å². The SMILES string of the molecule is C=Cc1c(C)c2cc3[nH]c(cc4nc(cc5nc(cc1[nH]2)C(CC)=C5C)C(C)=C4CCC(=O)OC)c(CCC(=O)OC)c3C. The molecule has 228 valence electrons. The highest BCUT2D eigenvalue weighted by Gasteiger charge is 2.22. The van der Waals surface area contributed by atoms with Crippen molar-refractivity contribution in [2.75, 3.05) is 14.2 Å². The van der Waals surface area contributed by atoms with Gasteiger partial charge in [-0.05, 0) is 110 Å². The Kier molecular flexibility index (Phi) is 8.72. The number of carbonyl (C=O) groups is 2. The van der Waals surface area contributed by atoms with Crippen LogP contribution in [0.25, 0.3) is 50.4 Å². The first-order chi connectivity index (χ1) is 21.1. The van der Waals surface area contributed by atoms with Crippen molar-refractivity contribution in [1.82, 2.24) is 19.9 Å². The third-order valence-electron chi connectivity index (χ3n) is 8.89. The van der Waals surface area contributed by atoms with E-state index in [1.165, 1.54) is 19.8 Å². The molecule has 8 bridgehead atoms. The van der Waals surface area contributed by atoms with Crippen LogP contribution in [0, 0.1) is 13.8 Å². The fraction of sp³-hybridized carbons (Fsp3) is 0.333. The first-order valence-electron chi connectivity index (χ1n) is 15.0. The van der Waals surface area contributed by atoms with Gasteiger partial charge in [-0.25, -0.2) is 9.97 Å². The van der Waals surface area contributed by atoms with Crippen LogP contribution in [-0.2, 0) is 25.5 Å². The van der Waals surface area contributed by atoms with Gasteiger partial charge in [0, 0.05) is 40.5 Å². The Balaban J connectivity index is 1.90. The van der Waals surface area contributed by atoms with Gasteiger partial charge in [0.2, 0.25) is 0 Å². The van der Waals surface area contributed by atoms with Crippen LogP contribution in [-0.4, -0.2) is 46.1 Å². The summed E-state index contributed by atoms with van der Waals surface area (Å²) in [6.45, 7) is 14.5. The van der Waals surface area contributed by atoms with E-state index < -0.39 is 0 Å². The maximum atomic E-state index is 12.2. The van der Waals surface area contributed by atoms with E-state index in [1.807, 2.05) is 25.1 Å². The molecule has 5 heterocycles. The molecule has 3 aromatic heterocycles. The smallest absolute Gasteiger partial charge is 0.305 e. The molecule has 5 rings (SSSR count). The van der Waals surface area contributed by atoms with E-state index in [9.17, 15) is 9.59 Å². The third-order valence-corrected chi connectivity index (χ3v) is 8.89. The molecular weight excluding hydrogens is 552 g/mol. The number of esters is 2. The number of aryl methyl sites for hydroxylation is 3. The average Bonchev–Trinajstić information content (AvgIpc) is 3.67. The quantitative estimate of drug-likeness (QED) is 0.257. The summed E-state index contributed by atoms with van der Waals surface area (Å²) in [7, 11) is 2.81. The first-order valence-corrected chi connectivity index (χ1v) is 15.0. The molecule has 8 nitrogen and oxygen atoms in total. The monoisotopic (exact) mass is 592 g/mol. The van der Waals surface area contributed by atoms with Crippen molar-refractivity contribution in [2.45, 2.75) is 66.7 Å². The number of allylic oxidation sites excluding steroid dienone is 4. The Labute approximate surface area is 258 Å². The normalized spacial score (nSPS) is 13.0. The number of hydrogen-bond acceptors (Lipinski definition) is 6. The summed E-state index contributed by atoms with van der Waals surface area (Å²) >= 11 is 0. The molecule has 3 aromatic rings. The molecule has 0 amide bonds. The molecule has 0 radical (unpaired) electrons. The van der Waals surface area contributed by atoms with Gasteiger partial charge < -0.3 is 19.4 Å². The molecule has 2 N–H and O–H groups in total. The van der Waals surface area contributed by atoms with Gasteiger partial charge >= 0.3 is 11.9 Å². The topological polar surface area (TPSA) is 110 Å². The molecular formula is C36H40N4O4. The molecule has 0 aliphatic carbocycles. The van der Waals surface area contributed by atoms with Crippen molar-refractivity contribution in [1.29, 1.82) is 0 Å². The van der Waals surface area contributed by atoms with E-state index in [0.29, 0.717) is 12.8 Å². The highest BCUT2D eigenvalue weighted by molar-refractivity contribution is 5.96. The fourth-order valence-corrected chi connectivity index (χ4v) is 6.19. The van der Waals surface area contributed by atoms with E-state index in [1.54, 1.807) is 0 Å². The van der Waals surface area contributed by atoms with E-state index in [4.69, 9.17) is 19.4 Å². The number of carbonyl (C=O) groups excluding carboxylic acids is 2. The molecule has 0 fully saturated rings. The Morgan fingerprint density at radius 2 is 1.27 bits per heavy atom. The lowest BCUT2D eigenvalue weighted by Crippen LogP contribution is -2.02. The van der Waals surface area contributed by atoms with E-state index in [0.717, 1.165) is 90.2 Å². The minimum Gasteiger partial charge on any atom is -0.469 e. The molecule has 2 aliphatic rings. The summed E-state index contributed by atoms with van der Waals surface area (Å²) in [6.07, 6.45) is 4.22. The zero-order valence-electron chi connectivity index (χ0n) is 26.7. The van der Waals surface area contributed by atoms with Crippen molar-refractivity contribution in [3.63, 3.8) is 0 Å². The molecule has 0 unspecified atom stereocenters. The Bertz CT molecular complexity index is 1920. The Morgan fingerprint density at radius 3 is 1.89 bits per heavy atom. The highest BCUT2D eigenvalue weighted by Crippen LogP contribution is 2.37. The lowest BCUT2D eigenvalue weighted by Gasteiger charge is -2.04. The van der Waals surface area contributed by atoms with Crippen molar-refractivity contribution in [2.24, 2.45) is 0 Å². The van der Waals surface area contributed by atoms with Crippen LogP contribution < -0.4 is 0 Å². The predicted molar refractivity (Wildman–Crippen MR) is 177 cm³/mol. The summed E-state index contributed by atoms with van der Waals surface area (Å²) in [5.41, 5.74) is 15.6. The van der Waals surface area contributed by atoms with Crippen LogP contribution in [0.4, 0.5) is 0 Å². The molecule has 0 aromatic carbocycles. The minimum absolute atomic E-state index is 0.244. The number of H-pyrrole nitrogens is 2. The number of rotatable bonds is 8. The predicted octanol–water partition coefficient (Wildman–Crippen LogP) is 7.90. The summed E-state index contributed by atoms with van der Waals surface area (Å²) in [5.74, 6) is -0.537. The van der Waals surface area contributed by atoms with Crippen LogP contribution in [0.2, 0.25) is 0 Å². The largest absolute Gasteiger partial charge is 0.469 e. The van der Waals surface area contributed by atoms with E-state index in [2.05, 4.69) is 56.4 Å². The highest BCUT2D eigenvalue weighted by atomic mass is 16.5. The van der Waals surface area contributed by atoms with Gasteiger partial charge in [0.25, 0.3) is 0 Å². The molecule has 0 saturated carbocycles. The Morgan fingerprint density at radius 1 is 0.727 bits per heavy atom. The van der Waals surface area contributed by atoms with Gasteiger partial charge in [0.15, 0.2) is 0 Å². The van der Waals surface area contributed by atoms with Crippen molar-refractivity contribution < 1.29 is 19.1 Å². The van der Waals surface area contributed by atoms with Crippen LogP contribution in [0.3, 0.4) is 0 Å². The summed E-state index contributed by atoms with van der Waals surface area (Å²) in [5, 5.41) is 0. The fourth-order valence-electron chi connectivity index (χ4n) is 6.19. The van der Waals surface area contributed by atoms with Gasteiger partial charge in [0.05, 0.1) is 37.0 Å². The molecule has 0 atom stereocenters. The van der Waals surface area contributed by atoms with Gasteiger partial charge in [0.1, 0.15) is 0 Å². The lowest BCUT2D eigenvalue weighted by molar-refractivity contribution is -0.141. The molecule has 8 heteroatoms. The summed E-state index contributed by atoms with van der Waals surface area (Å²) in [6, 6.07) is 8.29. The first kappa shape index (κ1) is 30.7. The maximum Gasteiger partial charge on any atom is 0.305 e. The number of ether oxygens (including phenoxy) is 2. The molecule has 44 heavy (non-hydrogen) atoms. The summed E-state index contributed by atoms with van der Waals surface area (Å²) in [4.78, 5) is 41.7.